The van der Waals surface area contributed by atoms with E-state index in [0.29, 0.717) is 12.0 Å². The number of carbonyl (C=O) groups is 2. The number of carbonyl (C=O) groups excluding carboxylic acids is 2. The lowest BCUT2D eigenvalue weighted by molar-refractivity contribution is -0.118. The van der Waals surface area contributed by atoms with E-state index in [1.54, 1.807) is 6.08 Å². The van der Waals surface area contributed by atoms with E-state index in [1.165, 1.54) is 6.92 Å². The van der Waals surface area contributed by atoms with Gasteiger partial charge in [-0.1, -0.05) is 25.7 Å². The quantitative estimate of drug-likeness (QED) is 0.705. The molecular weight excluding hydrogens is 206 g/mol. The van der Waals surface area contributed by atoms with Gasteiger partial charge in [0.1, 0.15) is 6.61 Å². The Bertz CT molecular complexity index is 295. The fourth-order valence-electron chi connectivity index (χ4n) is 1.12. The van der Waals surface area contributed by atoms with Crippen molar-refractivity contribution in [3.05, 3.63) is 24.3 Å². The van der Waals surface area contributed by atoms with E-state index in [1.807, 2.05) is 19.9 Å². The van der Waals surface area contributed by atoms with Crippen molar-refractivity contribution in [2.45, 2.75) is 33.2 Å². The van der Waals surface area contributed by atoms with Gasteiger partial charge in [0.05, 0.1) is 6.04 Å². The summed E-state index contributed by atoms with van der Waals surface area (Å²) >= 11 is 0. The van der Waals surface area contributed by atoms with Crippen molar-refractivity contribution >= 4 is 11.9 Å². The number of amides is 1. The average Bonchev–Trinajstić information content (AvgIpc) is 2.23. The van der Waals surface area contributed by atoms with Gasteiger partial charge in [-0.25, -0.2) is 4.79 Å². The normalized spacial score (nSPS) is 12.2. The lowest BCUT2D eigenvalue weighted by Crippen LogP contribution is -2.39. The molecule has 0 aromatic rings. The van der Waals surface area contributed by atoms with Crippen molar-refractivity contribution in [1.29, 1.82) is 0 Å². The fourth-order valence-corrected chi connectivity index (χ4v) is 1.12. The number of nitrogens with one attached hydrogen (secondary N) is 1. The van der Waals surface area contributed by atoms with E-state index in [4.69, 9.17) is 4.74 Å². The molecule has 0 fully saturated rings. The zero-order valence-corrected chi connectivity index (χ0v) is 10.1. The van der Waals surface area contributed by atoms with E-state index in [2.05, 4.69) is 11.9 Å². The van der Waals surface area contributed by atoms with Gasteiger partial charge in [0.25, 0.3) is 0 Å². The lowest BCUT2D eigenvalue weighted by atomic mass is 10.1. The van der Waals surface area contributed by atoms with Crippen molar-refractivity contribution in [3.8, 4) is 0 Å². The predicted molar refractivity (Wildman–Crippen MR) is 63.2 cm³/mol. The largest absolute Gasteiger partial charge is 0.445 e. The van der Waals surface area contributed by atoms with Crippen LogP contribution >= 0.6 is 0 Å². The van der Waals surface area contributed by atoms with Gasteiger partial charge in [-0.05, 0) is 25.8 Å². The van der Waals surface area contributed by atoms with E-state index in [0.717, 1.165) is 0 Å². The highest BCUT2D eigenvalue weighted by Crippen LogP contribution is 1.97. The third-order valence-electron chi connectivity index (χ3n) is 1.98. The summed E-state index contributed by atoms with van der Waals surface area (Å²) in [5.41, 5.74) is 0.702. The second-order valence-corrected chi connectivity index (χ2v) is 3.45. The maximum absolute atomic E-state index is 11.3. The average molecular weight is 225 g/mol. The Labute approximate surface area is 96.4 Å². The number of ketones is 1. The van der Waals surface area contributed by atoms with Crippen molar-refractivity contribution in [2.75, 3.05) is 6.61 Å². The Morgan fingerprint density at radius 2 is 2.12 bits per heavy atom. The minimum absolute atomic E-state index is 0.0771. The number of allylic oxidation sites excluding steroid dienone is 1. The molecule has 0 rings (SSSR count). The van der Waals surface area contributed by atoms with Crippen molar-refractivity contribution < 1.29 is 14.3 Å². The maximum Gasteiger partial charge on any atom is 0.408 e. The lowest BCUT2D eigenvalue weighted by Gasteiger charge is -2.13. The summed E-state index contributed by atoms with van der Waals surface area (Å²) in [5.74, 6) is -0.0771. The highest BCUT2D eigenvalue weighted by Gasteiger charge is 2.15. The second-order valence-electron chi connectivity index (χ2n) is 3.45. The number of ether oxygens (including phenoxy) is 1. The van der Waals surface area contributed by atoms with E-state index >= 15 is 0 Å². The summed E-state index contributed by atoms with van der Waals surface area (Å²) in [6, 6.07) is -0.470. The molecule has 0 bridgehead atoms. The molecule has 0 saturated heterocycles. The first-order chi connectivity index (χ1) is 7.51. The maximum atomic E-state index is 11.3. The zero-order valence-electron chi connectivity index (χ0n) is 10.1. The monoisotopic (exact) mass is 225 g/mol. The molecule has 0 aliphatic heterocycles. The standard InChI is InChI=1S/C12H19NO3/c1-5-7-9(3)8-16-12(15)13-11(6-2)10(4)14/h5,7,11H,3,6,8H2,1-2,4H3,(H,13,15). The number of hydrogen-bond acceptors (Lipinski definition) is 3. The van der Waals surface area contributed by atoms with Gasteiger partial charge in [-0.3, -0.25) is 4.79 Å². The van der Waals surface area contributed by atoms with Gasteiger partial charge in [-0.2, -0.15) is 0 Å². The van der Waals surface area contributed by atoms with Crippen LogP contribution in [0, 0.1) is 0 Å². The van der Waals surface area contributed by atoms with Crippen LogP contribution in [0.25, 0.3) is 0 Å². The predicted octanol–water partition coefficient (Wildman–Crippen LogP) is 2.21. The van der Waals surface area contributed by atoms with Crippen LogP contribution in [0.5, 0.6) is 0 Å². The van der Waals surface area contributed by atoms with Crippen LogP contribution in [0.4, 0.5) is 4.79 Å². The Morgan fingerprint density at radius 3 is 2.56 bits per heavy atom. The molecular formula is C12H19NO3. The third kappa shape index (κ3) is 6.01. The van der Waals surface area contributed by atoms with Crippen LogP contribution in [0.15, 0.2) is 24.3 Å². The molecule has 0 spiro atoms. The Balaban J connectivity index is 3.99. The number of rotatable bonds is 6. The summed E-state index contributed by atoms with van der Waals surface area (Å²) in [7, 11) is 0. The van der Waals surface area contributed by atoms with Crippen LogP contribution in [0.2, 0.25) is 0 Å². The van der Waals surface area contributed by atoms with E-state index in [-0.39, 0.29) is 12.4 Å². The van der Waals surface area contributed by atoms with Crippen LogP contribution in [-0.2, 0) is 9.53 Å². The molecule has 1 unspecified atom stereocenters. The Kier molecular flexibility index (Phi) is 6.92. The Morgan fingerprint density at radius 1 is 1.50 bits per heavy atom. The molecule has 0 aromatic carbocycles. The SMILES string of the molecule is C=C(C=CC)COC(=O)NC(CC)C(C)=O. The minimum atomic E-state index is -0.590. The van der Waals surface area contributed by atoms with Crippen LogP contribution in [-0.4, -0.2) is 24.5 Å². The number of alkyl carbamates (subject to hydrolysis) is 1. The first-order valence-electron chi connectivity index (χ1n) is 5.25. The molecule has 90 valence electrons. The van der Waals surface area contributed by atoms with Crippen molar-refractivity contribution in [3.63, 3.8) is 0 Å². The topological polar surface area (TPSA) is 55.4 Å². The summed E-state index contributed by atoms with van der Waals surface area (Å²) in [6.45, 7) is 8.94. The van der Waals surface area contributed by atoms with Gasteiger partial charge < -0.3 is 10.1 Å². The summed E-state index contributed by atoms with van der Waals surface area (Å²) < 4.78 is 4.89. The molecule has 0 aromatic heterocycles. The number of hydrogen-bond donors (Lipinski definition) is 1. The highest BCUT2D eigenvalue weighted by molar-refractivity contribution is 5.85. The molecule has 16 heavy (non-hydrogen) atoms. The molecule has 0 aliphatic carbocycles. The Hall–Kier alpha value is -1.58. The van der Waals surface area contributed by atoms with Gasteiger partial charge in [0.15, 0.2) is 5.78 Å². The van der Waals surface area contributed by atoms with Crippen LogP contribution in [0.3, 0.4) is 0 Å². The second kappa shape index (κ2) is 7.68. The highest BCUT2D eigenvalue weighted by atomic mass is 16.5. The van der Waals surface area contributed by atoms with Gasteiger partial charge in [-0.15, -0.1) is 0 Å². The molecule has 0 saturated carbocycles. The van der Waals surface area contributed by atoms with Crippen molar-refractivity contribution in [1.82, 2.24) is 5.32 Å². The molecule has 0 radical (unpaired) electrons. The third-order valence-corrected chi connectivity index (χ3v) is 1.98. The van der Waals surface area contributed by atoms with Gasteiger partial charge >= 0.3 is 6.09 Å². The molecule has 4 nitrogen and oxygen atoms in total. The molecule has 0 aliphatic rings. The smallest absolute Gasteiger partial charge is 0.408 e. The summed E-state index contributed by atoms with van der Waals surface area (Å²) in [4.78, 5) is 22.3. The van der Waals surface area contributed by atoms with Crippen molar-refractivity contribution in [2.24, 2.45) is 0 Å². The summed E-state index contributed by atoms with van der Waals surface area (Å²) in [6.07, 6.45) is 3.54. The molecule has 4 heteroatoms. The van der Waals surface area contributed by atoms with Crippen LogP contribution in [0.1, 0.15) is 27.2 Å². The minimum Gasteiger partial charge on any atom is -0.445 e. The van der Waals surface area contributed by atoms with Crippen LogP contribution < -0.4 is 5.32 Å². The summed E-state index contributed by atoms with van der Waals surface area (Å²) in [5, 5.41) is 2.49. The van der Waals surface area contributed by atoms with E-state index < -0.39 is 12.1 Å². The number of Topliss-reactive ketones (excluding diaryl/α,β-unsaturated/α-hetero) is 1. The van der Waals surface area contributed by atoms with Gasteiger partial charge in [0.2, 0.25) is 0 Å². The van der Waals surface area contributed by atoms with E-state index in [9.17, 15) is 9.59 Å². The fraction of sp³-hybridized carbons (Fsp3) is 0.500. The van der Waals surface area contributed by atoms with Gasteiger partial charge in [0, 0.05) is 0 Å². The molecule has 1 N–H and O–H groups in total. The first kappa shape index (κ1) is 14.4. The molecule has 0 heterocycles. The molecule has 1 atom stereocenters. The zero-order chi connectivity index (χ0) is 12.6. The molecule has 1 amide bonds. The first-order valence-corrected chi connectivity index (χ1v) is 5.25.